The number of hydrogen-bond donors (Lipinski definition) is 2. The third-order valence-electron chi connectivity index (χ3n) is 4.30. The van der Waals surface area contributed by atoms with Gasteiger partial charge in [-0.2, -0.15) is 0 Å². The molecule has 0 unspecified atom stereocenters. The Morgan fingerprint density at radius 1 is 1.07 bits per heavy atom. The molecule has 0 radical (unpaired) electrons. The molecule has 2 N–H and O–H groups in total. The molecule has 7 heteroatoms. The van der Waals surface area contributed by atoms with Gasteiger partial charge in [0.1, 0.15) is 5.75 Å². The molecule has 7 nitrogen and oxygen atoms in total. The number of carbonyl (C=O) groups excluding carboxylic acids is 3. The zero-order chi connectivity index (χ0) is 20.1. The summed E-state index contributed by atoms with van der Waals surface area (Å²) in [5, 5.41) is 5.51. The maximum absolute atomic E-state index is 12.1. The minimum atomic E-state index is -0.619. The van der Waals surface area contributed by atoms with E-state index < -0.39 is 18.5 Å². The standard InChI is InChI=1S/C21H22N2O5/c1-13-6-7-15(11-18(13)27-2)21(26)28-12-19(24)22-17-5-3-4-14(10-17)20(25)23-16-8-9-16/h3-7,10-11,16H,8-9,12H2,1-2H3,(H,22,24)(H,23,25). The van der Waals surface area contributed by atoms with E-state index in [1.54, 1.807) is 42.5 Å². The number of amides is 2. The highest BCUT2D eigenvalue weighted by Crippen LogP contribution is 2.20. The van der Waals surface area contributed by atoms with E-state index in [2.05, 4.69) is 10.6 Å². The van der Waals surface area contributed by atoms with Gasteiger partial charge in [-0.15, -0.1) is 0 Å². The zero-order valence-corrected chi connectivity index (χ0v) is 15.8. The Morgan fingerprint density at radius 3 is 2.57 bits per heavy atom. The lowest BCUT2D eigenvalue weighted by Gasteiger charge is -2.10. The molecule has 0 aliphatic heterocycles. The van der Waals surface area contributed by atoms with Crippen LogP contribution in [0, 0.1) is 6.92 Å². The van der Waals surface area contributed by atoms with Crippen LogP contribution in [0.1, 0.15) is 39.1 Å². The molecule has 2 aromatic carbocycles. The summed E-state index contributed by atoms with van der Waals surface area (Å²) in [5.41, 5.74) is 2.12. The number of benzene rings is 2. The SMILES string of the molecule is COc1cc(C(=O)OCC(=O)Nc2cccc(C(=O)NC3CC3)c2)ccc1C. The topological polar surface area (TPSA) is 93.7 Å². The Hall–Kier alpha value is -3.35. The molecule has 0 saturated heterocycles. The van der Waals surface area contributed by atoms with Crippen LogP contribution in [0.3, 0.4) is 0 Å². The van der Waals surface area contributed by atoms with E-state index in [0.717, 1.165) is 18.4 Å². The van der Waals surface area contributed by atoms with Crippen LogP contribution in [0.15, 0.2) is 42.5 Å². The molecule has 28 heavy (non-hydrogen) atoms. The highest BCUT2D eigenvalue weighted by molar-refractivity contribution is 5.98. The van der Waals surface area contributed by atoms with Gasteiger partial charge in [0.25, 0.3) is 11.8 Å². The van der Waals surface area contributed by atoms with Gasteiger partial charge in [0, 0.05) is 17.3 Å². The van der Waals surface area contributed by atoms with E-state index in [-0.39, 0.29) is 11.9 Å². The molecule has 3 rings (SSSR count). The predicted molar refractivity (Wildman–Crippen MR) is 104 cm³/mol. The summed E-state index contributed by atoms with van der Waals surface area (Å²) in [5.74, 6) is -0.711. The first-order valence-corrected chi connectivity index (χ1v) is 8.99. The molecular weight excluding hydrogens is 360 g/mol. The lowest BCUT2D eigenvalue weighted by molar-refractivity contribution is -0.119. The first-order chi connectivity index (χ1) is 13.5. The number of hydrogen-bond acceptors (Lipinski definition) is 5. The van der Waals surface area contributed by atoms with E-state index in [4.69, 9.17) is 9.47 Å². The fourth-order valence-electron chi connectivity index (χ4n) is 2.59. The lowest BCUT2D eigenvalue weighted by Crippen LogP contribution is -2.25. The number of carbonyl (C=O) groups is 3. The number of esters is 1. The molecule has 0 spiro atoms. The summed E-state index contributed by atoms with van der Waals surface area (Å²) < 4.78 is 10.2. The lowest BCUT2D eigenvalue weighted by atomic mass is 10.1. The number of aryl methyl sites for hydroxylation is 1. The number of rotatable bonds is 7. The fourth-order valence-corrected chi connectivity index (χ4v) is 2.59. The van der Waals surface area contributed by atoms with Crippen LogP contribution < -0.4 is 15.4 Å². The van der Waals surface area contributed by atoms with Crippen LogP contribution in [0.5, 0.6) is 5.75 Å². The second-order valence-corrected chi connectivity index (χ2v) is 6.64. The smallest absolute Gasteiger partial charge is 0.338 e. The second-order valence-electron chi connectivity index (χ2n) is 6.64. The maximum Gasteiger partial charge on any atom is 0.338 e. The Morgan fingerprint density at radius 2 is 1.86 bits per heavy atom. The number of anilines is 1. The van der Waals surface area contributed by atoms with Gasteiger partial charge in [-0.05, 0) is 55.7 Å². The Balaban J connectivity index is 1.54. The molecule has 2 amide bonds. The fraction of sp³-hybridized carbons (Fsp3) is 0.286. The van der Waals surface area contributed by atoms with Crippen molar-refractivity contribution < 1.29 is 23.9 Å². The Bertz CT molecular complexity index is 905. The Kier molecular flexibility index (Phi) is 5.93. The molecule has 0 atom stereocenters. The van der Waals surface area contributed by atoms with Gasteiger partial charge >= 0.3 is 5.97 Å². The maximum atomic E-state index is 12.1. The highest BCUT2D eigenvalue weighted by atomic mass is 16.5. The van der Waals surface area contributed by atoms with Crippen molar-refractivity contribution in [2.75, 3.05) is 19.0 Å². The molecule has 0 bridgehead atoms. The first-order valence-electron chi connectivity index (χ1n) is 8.99. The number of ether oxygens (including phenoxy) is 2. The van der Waals surface area contributed by atoms with Crippen molar-refractivity contribution in [3.63, 3.8) is 0 Å². The van der Waals surface area contributed by atoms with Crippen LogP contribution in [-0.2, 0) is 9.53 Å². The second kappa shape index (κ2) is 8.56. The van der Waals surface area contributed by atoms with E-state index >= 15 is 0 Å². The van der Waals surface area contributed by atoms with E-state index in [1.165, 1.54) is 7.11 Å². The van der Waals surface area contributed by atoms with Gasteiger partial charge in [-0.1, -0.05) is 12.1 Å². The monoisotopic (exact) mass is 382 g/mol. The van der Waals surface area contributed by atoms with Crippen LogP contribution in [-0.4, -0.2) is 37.5 Å². The molecule has 146 valence electrons. The molecule has 1 aliphatic rings. The molecular formula is C21H22N2O5. The average molecular weight is 382 g/mol. The van der Waals surface area contributed by atoms with Crippen molar-refractivity contribution in [3.05, 3.63) is 59.2 Å². The van der Waals surface area contributed by atoms with Gasteiger partial charge in [0.2, 0.25) is 0 Å². The summed E-state index contributed by atoms with van der Waals surface area (Å²) in [6, 6.07) is 11.8. The van der Waals surface area contributed by atoms with Crippen LogP contribution in [0.2, 0.25) is 0 Å². The summed E-state index contributed by atoms with van der Waals surface area (Å²) in [7, 11) is 1.52. The van der Waals surface area contributed by atoms with Gasteiger partial charge in [-0.3, -0.25) is 9.59 Å². The van der Waals surface area contributed by atoms with Gasteiger partial charge in [-0.25, -0.2) is 4.79 Å². The predicted octanol–water partition coefficient (Wildman–Crippen LogP) is 2.69. The van der Waals surface area contributed by atoms with E-state index in [0.29, 0.717) is 22.6 Å². The minimum Gasteiger partial charge on any atom is -0.496 e. The van der Waals surface area contributed by atoms with Crippen LogP contribution >= 0.6 is 0 Å². The van der Waals surface area contributed by atoms with Crippen molar-refractivity contribution in [1.82, 2.24) is 5.32 Å². The zero-order valence-electron chi connectivity index (χ0n) is 15.8. The van der Waals surface area contributed by atoms with Crippen LogP contribution in [0.4, 0.5) is 5.69 Å². The highest BCUT2D eigenvalue weighted by Gasteiger charge is 2.23. The van der Waals surface area contributed by atoms with Gasteiger partial charge in [0.15, 0.2) is 6.61 Å². The number of nitrogens with one attached hydrogen (secondary N) is 2. The largest absolute Gasteiger partial charge is 0.496 e. The molecule has 1 aliphatic carbocycles. The Labute approximate surface area is 163 Å². The molecule has 1 saturated carbocycles. The first kappa shape index (κ1) is 19.4. The van der Waals surface area contributed by atoms with Crippen molar-refractivity contribution in [2.24, 2.45) is 0 Å². The van der Waals surface area contributed by atoms with Gasteiger partial charge in [0.05, 0.1) is 12.7 Å². The van der Waals surface area contributed by atoms with E-state index in [9.17, 15) is 14.4 Å². The minimum absolute atomic E-state index is 0.168. The van der Waals surface area contributed by atoms with E-state index in [1.807, 2.05) is 6.92 Å². The van der Waals surface area contributed by atoms with Crippen molar-refractivity contribution in [3.8, 4) is 5.75 Å². The molecule has 1 fully saturated rings. The summed E-state index contributed by atoms with van der Waals surface area (Å²) in [6.45, 7) is 1.42. The molecule has 2 aromatic rings. The van der Waals surface area contributed by atoms with Gasteiger partial charge < -0.3 is 20.1 Å². The summed E-state index contributed by atoms with van der Waals surface area (Å²) in [4.78, 5) is 36.3. The summed E-state index contributed by atoms with van der Waals surface area (Å²) >= 11 is 0. The molecule has 0 heterocycles. The number of methoxy groups -OCH3 is 1. The van der Waals surface area contributed by atoms with Crippen molar-refractivity contribution in [1.29, 1.82) is 0 Å². The quantitative estimate of drug-likeness (QED) is 0.718. The third kappa shape index (κ3) is 5.09. The van der Waals surface area contributed by atoms with Crippen molar-refractivity contribution >= 4 is 23.5 Å². The van der Waals surface area contributed by atoms with Crippen molar-refractivity contribution in [2.45, 2.75) is 25.8 Å². The third-order valence-corrected chi connectivity index (χ3v) is 4.30. The average Bonchev–Trinajstić information content (AvgIpc) is 3.50. The van der Waals surface area contributed by atoms with Crippen LogP contribution in [0.25, 0.3) is 0 Å². The molecule has 0 aromatic heterocycles. The summed E-state index contributed by atoms with van der Waals surface area (Å²) in [6.07, 6.45) is 2.00. The normalized spacial score (nSPS) is 12.8.